The van der Waals surface area contributed by atoms with Crippen LogP contribution in [-0.2, 0) is 11.4 Å². The Balaban J connectivity index is 2.37. The molecule has 7 heteroatoms. The van der Waals surface area contributed by atoms with Gasteiger partial charge in [0.1, 0.15) is 12.4 Å². The molecule has 5 nitrogen and oxygen atoms in total. The van der Waals surface area contributed by atoms with Crippen LogP contribution in [0, 0.1) is 11.6 Å². The molecule has 2 rings (SSSR count). The van der Waals surface area contributed by atoms with Gasteiger partial charge in [0.2, 0.25) is 0 Å². The Hall–Kier alpha value is -2.77. The number of hydrogen-bond acceptors (Lipinski definition) is 5. The van der Waals surface area contributed by atoms with Crippen LogP contribution in [0.25, 0.3) is 11.1 Å². The summed E-state index contributed by atoms with van der Waals surface area (Å²) in [4.78, 5) is 11.6. The Morgan fingerprint density at radius 3 is 2.31 bits per heavy atom. The first kappa shape index (κ1) is 19.6. The third-order valence-electron chi connectivity index (χ3n) is 3.45. The fraction of sp³-hybridized carbons (Fsp3) is 0.211. The minimum atomic E-state index is -0.920. The molecule has 0 saturated heterocycles. The smallest absolute Gasteiger partial charge is 0.338 e. The second-order valence-electron chi connectivity index (χ2n) is 5.49. The summed E-state index contributed by atoms with van der Waals surface area (Å²) < 4.78 is 38.1. The number of rotatable bonds is 7. The third-order valence-corrected chi connectivity index (χ3v) is 3.45. The monoisotopic (exact) mass is 364 g/mol. The number of ether oxygens (including phenoxy) is 2. The number of benzene rings is 2. The van der Waals surface area contributed by atoms with E-state index >= 15 is 0 Å². The predicted molar refractivity (Wildman–Crippen MR) is 90.7 cm³/mol. The predicted octanol–water partition coefficient (Wildman–Crippen LogP) is 2.98. The number of aliphatic hydroxyl groups is 2. The van der Waals surface area contributed by atoms with Crippen molar-refractivity contribution in [2.24, 2.45) is 0 Å². The molecule has 0 amide bonds. The highest BCUT2D eigenvalue weighted by atomic mass is 19.1. The average Bonchev–Trinajstić information content (AvgIpc) is 2.61. The summed E-state index contributed by atoms with van der Waals surface area (Å²) in [5.41, 5.74) is 1.10. The van der Waals surface area contributed by atoms with Gasteiger partial charge in [-0.15, -0.1) is 0 Å². The van der Waals surface area contributed by atoms with Crippen molar-refractivity contribution in [1.82, 2.24) is 0 Å². The van der Waals surface area contributed by atoms with Gasteiger partial charge < -0.3 is 19.7 Å². The molecule has 0 fully saturated rings. The van der Waals surface area contributed by atoms with Gasteiger partial charge in [0.15, 0.2) is 17.4 Å². The maximum absolute atomic E-state index is 14.1. The van der Waals surface area contributed by atoms with Crippen LogP contribution in [0.1, 0.15) is 12.5 Å². The summed E-state index contributed by atoms with van der Waals surface area (Å²) in [6.07, 6.45) is 0. The Bertz CT molecular complexity index is 810. The van der Waals surface area contributed by atoms with E-state index in [1.165, 1.54) is 25.1 Å². The topological polar surface area (TPSA) is 76.0 Å². The van der Waals surface area contributed by atoms with Crippen molar-refractivity contribution >= 4 is 5.97 Å². The van der Waals surface area contributed by atoms with Gasteiger partial charge in [-0.05, 0) is 42.3 Å². The first-order valence-corrected chi connectivity index (χ1v) is 7.72. The van der Waals surface area contributed by atoms with Crippen LogP contribution >= 0.6 is 0 Å². The van der Waals surface area contributed by atoms with Gasteiger partial charge in [0.25, 0.3) is 0 Å². The molecule has 2 aromatic carbocycles. The summed E-state index contributed by atoms with van der Waals surface area (Å²) >= 11 is 0. The first-order valence-electron chi connectivity index (χ1n) is 7.72. The lowest BCUT2D eigenvalue weighted by Gasteiger charge is -2.12. The Kier molecular flexibility index (Phi) is 6.43. The second-order valence-corrected chi connectivity index (χ2v) is 5.49. The van der Waals surface area contributed by atoms with Crippen LogP contribution in [0.5, 0.6) is 11.5 Å². The van der Waals surface area contributed by atoms with Gasteiger partial charge in [-0.2, -0.15) is 0 Å². The van der Waals surface area contributed by atoms with Gasteiger partial charge in [0.05, 0.1) is 13.2 Å². The van der Waals surface area contributed by atoms with Crippen LogP contribution < -0.4 is 9.47 Å². The normalized spacial score (nSPS) is 10.5. The highest BCUT2D eigenvalue weighted by molar-refractivity contribution is 5.89. The van der Waals surface area contributed by atoms with Crippen LogP contribution in [0.2, 0.25) is 0 Å². The van der Waals surface area contributed by atoms with Gasteiger partial charge >= 0.3 is 5.97 Å². The van der Waals surface area contributed by atoms with Crippen LogP contribution in [0.15, 0.2) is 42.5 Å². The minimum Gasteiger partial charge on any atom is -0.485 e. The number of esters is 1. The summed E-state index contributed by atoms with van der Waals surface area (Å²) in [5.74, 6) is -2.92. The quantitative estimate of drug-likeness (QED) is 0.449. The van der Waals surface area contributed by atoms with Crippen molar-refractivity contribution in [1.29, 1.82) is 0 Å². The number of carbonyl (C=O) groups is 1. The van der Waals surface area contributed by atoms with E-state index in [4.69, 9.17) is 14.6 Å². The molecule has 2 aromatic rings. The summed E-state index contributed by atoms with van der Waals surface area (Å²) in [6.45, 7) is 3.92. The number of halogens is 2. The van der Waals surface area contributed by atoms with Crippen LogP contribution in [-0.4, -0.2) is 29.4 Å². The fourth-order valence-corrected chi connectivity index (χ4v) is 2.18. The van der Waals surface area contributed by atoms with Gasteiger partial charge in [-0.3, -0.25) is 0 Å². The summed E-state index contributed by atoms with van der Waals surface area (Å²) in [6, 6.07) is 6.54. The molecule has 0 radical (unpaired) electrons. The molecule has 0 heterocycles. The van der Waals surface area contributed by atoms with Crippen LogP contribution in [0.4, 0.5) is 8.78 Å². The van der Waals surface area contributed by atoms with Crippen molar-refractivity contribution in [2.45, 2.75) is 13.5 Å². The maximum Gasteiger partial charge on any atom is 0.338 e. The van der Waals surface area contributed by atoms with E-state index in [-0.39, 0.29) is 35.7 Å². The number of aliphatic hydroxyl groups excluding tert-OH is 2. The number of hydrogen-bond donors (Lipinski definition) is 2. The highest BCUT2D eigenvalue weighted by Gasteiger charge is 2.16. The van der Waals surface area contributed by atoms with E-state index in [0.29, 0.717) is 5.56 Å². The lowest BCUT2D eigenvalue weighted by atomic mass is 10.0. The van der Waals surface area contributed by atoms with Gasteiger partial charge in [-0.25, -0.2) is 13.6 Å². The summed E-state index contributed by atoms with van der Waals surface area (Å²) in [7, 11) is 0. The van der Waals surface area contributed by atoms with E-state index in [0.717, 1.165) is 12.1 Å². The van der Waals surface area contributed by atoms with Crippen molar-refractivity contribution in [2.75, 3.05) is 13.2 Å². The van der Waals surface area contributed by atoms with E-state index in [1.54, 1.807) is 0 Å². The first-order chi connectivity index (χ1) is 12.4. The molecule has 0 unspecified atom stereocenters. The zero-order valence-electron chi connectivity index (χ0n) is 14.1. The van der Waals surface area contributed by atoms with E-state index < -0.39 is 30.0 Å². The minimum absolute atomic E-state index is 0.132. The van der Waals surface area contributed by atoms with Gasteiger partial charge in [-0.1, -0.05) is 12.6 Å². The van der Waals surface area contributed by atoms with Crippen molar-refractivity contribution in [3.63, 3.8) is 0 Å². The molecule has 0 aliphatic carbocycles. The largest absolute Gasteiger partial charge is 0.485 e. The molecule has 0 spiro atoms. The van der Waals surface area contributed by atoms with Crippen LogP contribution in [0.3, 0.4) is 0 Å². The lowest BCUT2D eigenvalue weighted by molar-refractivity contribution is -0.130. The fourth-order valence-electron chi connectivity index (χ4n) is 2.18. The maximum atomic E-state index is 14.1. The molecule has 138 valence electrons. The molecule has 0 aromatic heterocycles. The van der Waals surface area contributed by atoms with E-state index in [9.17, 15) is 18.7 Å². The average molecular weight is 364 g/mol. The van der Waals surface area contributed by atoms with Crippen molar-refractivity contribution in [3.05, 3.63) is 59.7 Å². The second kappa shape index (κ2) is 8.55. The zero-order valence-corrected chi connectivity index (χ0v) is 14.1. The number of carbonyl (C=O) groups excluding carboxylic acids is 1. The Morgan fingerprint density at radius 2 is 1.77 bits per heavy atom. The van der Waals surface area contributed by atoms with Crippen molar-refractivity contribution < 1.29 is 33.3 Å². The van der Waals surface area contributed by atoms with E-state index in [2.05, 4.69) is 6.58 Å². The lowest BCUT2D eigenvalue weighted by Crippen LogP contribution is -2.09. The summed E-state index contributed by atoms with van der Waals surface area (Å²) in [5, 5.41) is 18.2. The highest BCUT2D eigenvalue weighted by Crippen LogP contribution is 2.32. The standard InChI is InChI=1S/C19H18F2O5/c1-11(2)19(24)26-17-4-3-12(7-14(17)10-23)13-8-15(20)18(16(21)9-13)25-6-5-22/h3-4,7-9,22-23H,1,5-6,10H2,2H3. The molecule has 0 atom stereocenters. The SMILES string of the molecule is C=C(C)C(=O)Oc1ccc(-c2cc(F)c(OCCO)c(F)c2)cc1CO. The molecule has 0 bridgehead atoms. The molecule has 0 aliphatic rings. The Morgan fingerprint density at radius 1 is 1.12 bits per heavy atom. The molecule has 2 N–H and O–H groups in total. The van der Waals surface area contributed by atoms with Gasteiger partial charge in [0, 0.05) is 11.1 Å². The van der Waals surface area contributed by atoms with E-state index in [1.807, 2.05) is 0 Å². The molecular formula is C19H18F2O5. The third kappa shape index (κ3) is 4.44. The zero-order chi connectivity index (χ0) is 19.3. The molecule has 0 saturated carbocycles. The molecule has 26 heavy (non-hydrogen) atoms. The molecular weight excluding hydrogens is 346 g/mol. The molecule has 0 aliphatic heterocycles. The Labute approximate surface area is 149 Å². The van der Waals surface area contributed by atoms with Crippen molar-refractivity contribution in [3.8, 4) is 22.6 Å².